The summed E-state index contributed by atoms with van der Waals surface area (Å²) in [5, 5.41) is 3.71. The zero-order valence-corrected chi connectivity index (χ0v) is 14.0. The minimum Gasteiger partial charge on any atom is -0.310 e. The van der Waals surface area contributed by atoms with Crippen LogP contribution in [0.3, 0.4) is 0 Å². The lowest BCUT2D eigenvalue weighted by molar-refractivity contribution is 0.171. The van der Waals surface area contributed by atoms with Crippen LogP contribution >= 0.6 is 0 Å². The maximum Gasteiger partial charge on any atom is 0.151 e. The van der Waals surface area contributed by atoms with Crippen molar-refractivity contribution in [1.82, 2.24) is 10.2 Å². The summed E-state index contributed by atoms with van der Waals surface area (Å²) in [6.07, 6.45) is 4.47. The smallest absolute Gasteiger partial charge is 0.151 e. The summed E-state index contributed by atoms with van der Waals surface area (Å²) < 4.78 is 23.9. The Labute approximate surface area is 124 Å². The van der Waals surface area contributed by atoms with Gasteiger partial charge in [-0.05, 0) is 52.0 Å². The van der Waals surface area contributed by atoms with Gasteiger partial charge in [0.25, 0.3) is 0 Å². The summed E-state index contributed by atoms with van der Waals surface area (Å²) in [7, 11) is -2.87. The highest BCUT2D eigenvalue weighted by molar-refractivity contribution is 7.91. The van der Waals surface area contributed by atoms with Gasteiger partial charge in [-0.25, -0.2) is 8.42 Å². The van der Waals surface area contributed by atoms with Gasteiger partial charge in [0.1, 0.15) is 0 Å². The molecule has 1 aliphatic heterocycles. The Bertz CT molecular complexity index is 420. The van der Waals surface area contributed by atoms with Crippen molar-refractivity contribution in [3.8, 4) is 0 Å². The molecule has 0 radical (unpaired) electrons. The molecule has 1 saturated heterocycles. The Morgan fingerprint density at radius 3 is 2.55 bits per heavy atom. The maximum absolute atomic E-state index is 11.9. The molecular formula is C15H30N2O2S. The Hall–Kier alpha value is -0.130. The Morgan fingerprint density at radius 2 is 1.95 bits per heavy atom. The second-order valence-electron chi connectivity index (χ2n) is 6.88. The molecule has 0 amide bonds. The van der Waals surface area contributed by atoms with Gasteiger partial charge in [-0.15, -0.1) is 0 Å². The number of sulfone groups is 1. The van der Waals surface area contributed by atoms with Gasteiger partial charge in [-0.3, -0.25) is 4.90 Å². The molecule has 20 heavy (non-hydrogen) atoms. The van der Waals surface area contributed by atoms with E-state index in [0.29, 0.717) is 24.1 Å². The maximum atomic E-state index is 11.9. The Balaban J connectivity index is 1.96. The van der Waals surface area contributed by atoms with Crippen LogP contribution in [0.1, 0.15) is 46.5 Å². The van der Waals surface area contributed by atoms with Crippen LogP contribution in [0.5, 0.6) is 0 Å². The molecule has 0 aromatic heterocycles. The molecule has 2 atom stereocenters. The van der Waals surface area contributed by atoms with Crippen LogP contribution in [0.4, 0.5) is 0 Å². The lowest BCUT2D eigenvalue weighted by atomic mass is 9.95. The third-order valence-corrected chi connectivity index (χ3v) is 6.76. The molecule has 1 aliphatic carbocycles. The van der Waals surface area contributed by atoms with Crippen molar-refractivity contribution < 1.29 is 8.42 Å². The molecule has 4 nitrogen and oxygen atoms in total. The van der Waals surface area contributed by atoms with Crippen molar-refractivity contribution in [3.05, 3.63) is 0 Å². The molecule has 1 heterocycles. The van der Waals surface area contributed by atoms with E-state index in [1.165, 1.54) is 12.8 Å². The van der Waals surface area contributed by atoms with E-state index in [9.17, 15) is 8.42 Å². The lowest BCUT2D eigenvalue weighted by Gasteiger charge is -2.35. The second-order valence-corrected chi connectivity index (χ2v) is 9.18. The SMILES string of the molecule is CCCS(=O)(=O)CCN1CC(C)(C2CC2)NCCC1C. The normalized spacial score (nSPS) is 33.0. The predicted molar refractivity (Wildman–Crippen MR) is 83.7 cm³/mol. The van der Waals surface area contributed by atoms with Crippen molar-refractivity contribution >= 4 is 9.84 Å². The molecule has 2 fully saturated rings. The molecule has 1 saturated carbocycles. The van der Waals surface area contributed by atoms with E-state index < -0.39 is 9.84 Å². The van der Waals surface area contributed by atoms with Crippen molar-refractivity contribution in [2.24, 2.45) is 5.92 Å². The van der Waals surface area contributed by atoms with Crippen LogP contribution in [-0.4, -0.2) is 56.0 Å². The standard InChI is InChI=1S/C15H30N2O2S/c1-4-10-20(18,19)11-9-17-12-15(3,14-5-6-14)16-8-7-13(17)2/h13-14,16H,4-12H2,1-3H3. The average molecular weight is 302 g/mol. The number of nitrogens with one attached hydrogen (secondary N) is 1. The third kappa shape index (κ3) is 4.18. The summed E-state index contributed by atoms with van der Waals surface area (Å²) in [6, 6.07) is 0.472. The first kappa shape index (κ1) is 16.2. The fourth-order valence-electron chi connectivity index (χ4n) is 3.35. The molecule has 1 N–H and O–H groups in total. The monoisotopic (exact) mass is 302 g/mol. The summed E-state index contributed by atoms with van der Waals surface area (Å²) in [6.45, 7) is 9.20. The quantitative estimate of drug-likeness (QED) is 0.811. The van der Waals surface area contributed by atoms with Crippen molar-refractivity contribution in [2.45, 2.75) is 58.0 Å². The van der Waals surface area contributed by atoms with Gasteiger partial charge in [0, 0.05) is 30.4 Å². The van der Waals surface area contributed by atoms with Crippen LogP contribution in [0.15, 0.2) is 0 Å². The molecule has 0 bridgehead atoms. The number of hydrogen-bond donors (Lipinski definition) is 1. The minimum atomic E-state index is -2.87. The third-order valence-electron chi connectivity index (χ3n) is 4.93. The number of nitrogens with zero attached hydrogens (tertiary/aromatic N) is 1. The number of hydrogen-bond acceptors (Lipinski definition) is 4. The Morgan fingerprint density at radius 1 is 1.25 bits per heavy atom. The molecular weight excluding hydrogens is 272 g/mol. The van der Waals surface area contributed by atoms with E-state index in [2.05, 4.69) is 24.1 Å². The largest absolute Gasteiger partial charge is 0.310 e. The summed E-state index contributed by atoms with van der Waals surface area (Å²) >= 11 is 0. The van der Waals surface area contributed by atoms with Crippen molar-refractivity contribution in [1.29, 1.82) is 0 Å². The van der Waals surface area contributed by atoms with Crippen LogP contribution in [0, 0.1) is 5.92 Å². The van der Waals surface area contributed by atoms with Crippen LogP contribution in [0.2, 0.25) is 0 Å². The van der Waals surface area contributed by atoms with E-state index in [1.54, 1.807) is 0 Å². The van der Waals surface area contributed by atoms with Gasteiger partial charge in [0.15, 0.2) is 9.84 Å². The van der Waals surface area contributed by atoms with E-state index in [1.807, 2.05) is 6.92 Å². The van der Waals surface area contributed by atoms with Crippen molar-refractivity contribution in [3.63, 3.8) is 0 Å². The summed E-state index contributed by atoms with van der Waals surface area (Å²) in [5.74, 6) is 1.42. The van der Waals surface area contributed by atoms with E-state index in [-0.39, 0.29) is 5.54 Å². The molecule has 5 heteroatoms. The topological polar surface area (TPSA) is 49.4 Å². The van der Waals surface area contributed by atoms with Gasteiger partial charge in [0.05, 0.1) is 5.75 Å². The lowest BCUT2D eigenvalue weighted by Crippen LogP contribution is -2.52. The second kappa shape index (κ2) is 6.32. The highest BCUT2D eigenvalue weighted by atomic mass is 32.2. The fourth-order valence-corrected chi connectivity index (χ4v) is 4.68. The summed E-state index contributed by atoms with van der Waals surface area (Å²) in [4.78, 5) is 2.39. The molecule has 118 valence electrons. The van der Waals surface area contributed by atoms with Crippen molar-refractivity contribution in [2.75, 3.05) is 31.1 Å². The van der Waals surface area contributed by atoms with Gasteiger partial charge in [0.2, 0.25) is 0 Å². The van der Waals surface area contributed by atoms with Crippen LogP contribution < -0.4 is 5.32 Å². The van der Waals surface area contributed by atoms with Gasteiger partial charge >= 0.3 is 0 Å². The molecule has 0 spiro atoms. The molecule has 2 unspecified atom stereocenters. The van der Waals surface area contributed by atoms with E-state index in [4.69, 9.17) is 0 Å². The predicted octanol–water partition coefficient (Wildman–Crippen LogP) is 1.66. The molecule has 2 aliphatic rings. The zero-order valence-electron chi connectivity index (χ0n) is 13.2. The van der Waals surface area contributed by atoms with Gasteiger partial charge < -0.3 is 5.32 Å². The summed E-state index contributed by atoms with van der Waals surface area (Å²) in [5.41, 5.74) is 0.180. The van der Waals surface area contributed by atoms with Crippen LogP contribution in [0.25, 0.3) is 0 Å². The molecule has 2 rings (SSSR count). The average Bonchev–Trinajstić information content (AvgIpc) is 3.17. The zero-order chi connectivity index (χ0) is 14.8. The molecule has 0 aromatic rings. The highest BCUT2D eigenvalue weighted by Crippen LogP contribution is 2.40. The highest BCUT2D eigenvalue weighted by Gasteiger charge is 2.43. The van der Waals surface area contributed by atoms with Gasteiger partial charge in [-0.1, -0.05) is 6.92 Å². The van der Waals surface area contributed by atoms with Gasteiger partial charge in [-0.2, -0.15) is 0 Å². The number of rotatable bonds is 6. The fraction of sp³-hybridized carbons (Fsp3) is 1.00. The van der Waals surface area contributed by atoms with Crippen LogP contribution in [-0.2, 0) is 9.84 Å². The first-order chi connectivity index (χ1) is 9.36. The minimum absolute atomic E-state index is 0.180. The first-order valence-corrected chi connectivity index (χ1v) is 9.88. The van der Waals surface area contributed by atoms with E-state index in [0.717, 1.165) is 31.8 Å². The Kier molecular flexibility index (Phi) is 5.14. The van der Waals surface area contributed by atoms with E-state index >= 15 is 0 Å². The first-order valence-electron chi connectivity index (χ1n) is 8.06. The molecule has 0 aromatic carbocycles.